The number of halogens is 1. The van der Waals surface area contributed by atoms with Gasteiger partial charge in [-0.15, -0.1) is 0 Å². The zero-order valence-electron chi connectivity index (χ0n) is 12.3. The Morgan fingerprint density at radius 1 is 1.14 bits per heavy atom. The Hall–Kier alpha value is -1.71. The van der Waals surface area contributed by atoms with E-state index in [-0.39, 0.29) is 6.61 Å². The summed E-state index contributed by atoms with van der Waals surface area (Å²) in [6.45, 7) is 4.63. The third-order valence-corrected chi connectivity index (χ3v) is 3.58. The Bertz CT molecular complexity index is 584. The van der Waals surface area contributed by atoms with Gasteiger partial charge in [0.05, 0.1) is 0 Å². The highest BCUT2D eigenvalue weighted by Crippen LogP contribution is 2.19. The van der Waals surface area contributed by atoms with E-state index in [1.54, 1.807) is 0 Å². The number of anilines is 1. The van der Waals surface area contributed by atoms with Crippen molar-refractivity contribution in [3.8, 4) is 5.75 Å². The lowest BCUT2D eigenvalue weighted by Crippen LogP contribution is -2.26. The maximum Gasteiger partial charge on any atom is 0.119 e. The Morgan fingerprint density at radius 2 is 1.86 bits per heavy atom. The fourth-order valence-electron chi connectivity index (χ4n) is 1.82. The van der Waals surface area contributed by atoms with Gasteiger partial charge >= 0.3 is 0 Å². The van der Waals surface area contributed by atoms with Crippen LogP contribution in [0.1, 0.15) is 11.1 Å². The fraction of sp³-hybridized carbons (Fsp3) is 0.294. The van der Waals surface area contributed by atoms with Crippen LogP contribution in [0, 0.1) is 13.8 Å². The smallest absolute Gasteiger partial charge is 0.119 e. The molecule has 21 heavy (non-hydrogen) atoms. The monoisotopic (exact) mass is 305 g/mol. The SMILES string of the molecule is Cc1ccc(OCC(O)CNc2ccc(C)c(Cl)c2)cc1. The summed E-state index contributed by atoms with van der Waals surface area (Å²) in [6, 6.07) is 13.5. The first-order valence-electron chi connectivity index (χ1n) is 6.92. The highest BCUT2D eigenvalue weighted by atomic mass is 35.5. The number of aliphatic hydroxyl groups is 1. The number of aryl methyl sites for hydroxylation is 2. The lowest BCUT2D eigenvalue weighted by Gasteiger charge is -2.14. The molecule has 0 heterocycles. The van der Waals surface area contributed by atoms with E-state index in [1.807, 2.05) is 56.3 Å². The molecule has 0 saturated carbocycles. The van der Waals surface area contributed by atoms with E-state index in [2.05, 4.69) is 5.32 Å². The van der Waals surface area contributed by atoms with Crippen LogP contribution in [0.4, 0.5) is 5.69 Å². The molecule has 0 radical (unpaired) electrons. The lowest BCUT2D eigenvalue weighted by atomic mass is 10.2. The zero-order chi connectivity index (χ0) is 15.2. The number of hydrogen-bond acceptors (Lipinski definition) is 3. The number of hydrogen-bond donors (Lipinski definition) is 2. The van der Waals surface area contributed by atoms with E-state index < -0.39 is 6.10 Å². The molecule has 112 valence electrons. The first kappa shape index (κ1) is 15.7. The van der Waals surface area contributed by atoms with Gasteiger partial charge in [0, 0.05) is 17.3 Å². The summed E-state index contributed by atoms with van der Waals surface area (Å²) in [5, 5.41) is 13.8. The van der Waals surface area contributed by atoms with Crippen LogP contribution < -0.4 is 10.1 Å². The second kappa shape index (κ2) is 7.34. The molecule has 0 aliphatic heterocycles. The number of nitrogens with one attached hydrogen (secondary N) is 1. The van der Waals surface area contributed by atoms with Gasteiger partial charge in [0.1, 0.15) is 18.5 Å². The summed E-state index contributed by atoms with van der Waals surface area (Å²) in [7, 11) is 0. The van der Waals surface area contributed by atoms with Gasteiger partial charge in [-0.2, -0.15) is 0 Å². The quantitative estimate of drug-likeness (QED) is 0.853. The molecule has 0 saturated heterocycles. The summed E-state index contributed by atoms with van der Waals surface area (Å²) in [6.07, 6.45) is -0.591. The molecule has 2 rings (SSSR count). The standard InChI is InChI=1S/C17H20ClNO2/c1-12-3-7-16(8-4-12)21-11-15(20)10-19-14-6-5-13(2)17(18)9-14/h3-9,15,19-20H,10-11H2,1-2H3. The molecule has 0 fully saturated rings. The van der Waals surface area contributed by atoms with E-state index in [1.165, 1.54) is 5.56 Å². The summed E-state index contributed by atoms with van der Waals surface area (Å²) in [4.78, 5) is 0. The first-order chi connectivity index (χ1) is 10.0. The van der Waals surface area contributed by atoms with Crippen LogP contribution in [0.3, 0.4) is 0 Å². The molecule has 2 N–H and O–H groups in total. The average Bonchev–Trinajstić information content (AvgIpc) is 2.48. The lowest BCUT2D eigenvalue weighted by molar-refractivity contribution is 0.117. The summed E-state index contributed by atoms with van der Waals surface area (Å²) < 4.78 is 5.54. The molecule has 1 atom stereocenters. The predicted molar refractivity (Wildman–Crippen MR) is 87.4 cm³/mol. The van der Waals surface area contributed by atoms with Gasteiger partial charge in [-0.05, 0) is 43.7 Å². The minimum absolute atomic E-state index is 0.246. The van der Waals surface area contributed by atoms with E-state index in [0.717, 1.165) is 17.0 Å². The number of benzene rings is 2. The molecule has 0 aromatic heterocycles. The van der Waals surface area contributed by atoms with Crippen LogP contribution in [0.5, 0.6) is 5.75 Å². The maximum absolute atomic E-state index is 9.93. The van der Waals surface area contributed by atoms with Crippen molar-refractivity contribution in [3.05, 3.63) is 58.6 Å². The Morgan fingerprint density at radius 3 is 2.52 bits per heavy atom. The van der Waals surface area contributed by atoms with Crippen molar-refractivity contribution in [1.29, 1.82) is 0 Å². The molecule has 4 heteroatoms. The van der Waals surface area contributed by atoms with Crippen molar-refractivity contribution in [2.75, 3.05) is 18.5 Å². The van der Waals surface area contributed by atoms with Crippen LogP contribution in [0.25, 0.3) is 0 Å². The van der Waals surface area contributed by atoms with Crippen LogP contribution >= 0.6 is 11.6 Å². The molecule has 3 nitrogen and oxygen atoms in total. The van der Waals surface area contributed by atoms with Crippen LogP contribution in [-0.4, -0.2) is 24.4 Å². The molecule has 0 aliphatic rings. The Balaban J connectivity index is 1.77. The molecule has 0 bridgehead atoms. The van der Waals surface area contributed by atoms with Crippen molar-refractivity contribution < 1.29 is 9.84 Å². The number of rotatable bonds is 6. The molecule has 0 spiro atoms. The Kier molecular flexibility index (Phi) is 5.48. The van der Waals surface area contributed by atoms with E-state index in [9.17, 15) is 5.11 Å². The van der Waals surface area contributed by atoms with E-state index in [0.29, 0.717) is 11.6 Å². The average molecular weight is 306 g/mol. The van der Waals surface area contributed by atoms with E-state index in [4.69, 9.17) is 16.3 Å². The second-order valence-corrected chi connectivity index (χ2v) is 5.53. The molecule has 0 amide bonds. The Labute approximate surface area is 130 Å². The van der Waals surface area contributed by atoms with Crippen LogP contribution in [0.2, 0.25) is 5.02 Å². The van der Waals surface area contributed by atoms with Crippen molar-refractivity contribution in [2.24, 2.45) is 0 Å². The van der Waals surface area contributed by atoms with Gasteiger partial charge in [-0.25, -0.2) is 0 Å². The molecule has 0 aliphatic carbocycles. The van der Waals surface area contributed by atoms with Gasteiger partial charge in [0.2, 0.25) is 0 Å². The van der Waals surface area contributed by atoms with Gasteiger partial charge in [0.15, 0.2) is 0 Å². The highest BCUT2D eigenvalue weighted by Gasteiger charge is 2.06. The largest absolute Gasteiger partial charge is 0.491 e. The van der Waals surface area contributed by atoms with Crippen molar-refractivity contribution in [1.82, 2.24) is 0 Å². The third kappa shape index (κ3) is 4.96. The van der Waals surface area contributed by atoms with Crippen LogP contribution in [0.15, 0.2) is 42.5 Å². The minimum atomic E-state index is -0.591. The molecule has 1 unspecified atom stereocenters. The molecular formula is C17H20ClNO2. The zero-order valence-corrected chi connectivity index (χ0v) is 13.0. The topological polar surface area (TPSA) is 41.5 Å². The second-order valence-electron chi connectivity index (χ2n) is 5.12. The van der Waals surface area contributed by atoms with Gasteiger partial charge in [0.25, 0.3) is 0 Å². The van der Waals surface area contributed by atoms with Gasteiger partial charge < -0.3 is 15.2 Å². The van der Waals surface area contributed by atoms with Crippen molar-refractivity contribution >= 4 is 17.3 Å². The molecule has 2 aromatic carbocycles. The predicted octanol–water partition coefficient (Wildman–Crippen LogP) is 3.81. The van der Waals surface area contributed by atoms with E-state index >= 15 is 0 Å². The third-order valence-electron chi connectivity index (χ3n) is 3.18. The fourth-order valence-corrected chi connectivity index (χ4v) is 2.00. The number of ether oxygens (including phenoxy) is 1. The summed E-state index contributed by atoms with van der Waals surface area (Å²) in [5.74, 6) is 0.762. The number of aliphatic hydroxyl groups excluding tert-OH is 1. The maximum atomic E-state index is 9.93. The summed E-state index contributed by atoms with van der Waals surface area (Å²) in [5.41, 5.74) is 3.10. The van der Waals surface area contributed by atoms with Gasteiger partial charge in [-0.3, -0.25) is 0 Å². The normalized spacial score (nSPS) is 12.0. The molecule has 2 aromatic rings. The van der Waals surface area contributed by atoms with Crippen molar-refractivity contribution in [2.45, 2.75) is 20.0 Å². The van der Waals surface area contributed by atoms with Gasteiger partial charge in [-0.1, -0.05) is 35.4 Å². The highest BCUT2D eigenvalue weighted by molar-refractivity contribution is 6.31. The minimum Gasteiger partial charge on any atom is -0.491 e. The molecular weight excluding hydrogens is 286 g/mol. The summed E-state index contributed by atoms with van der Waals surface area (Å²) >= 11 is 6.06. The van der Waals surface area contributed by atoms with Crippen molar-refractivity contribution in [3.63, 3.8) is 0 Å². The van der Waals surface area contributed by atoms with Crippen LogP contribution in [-0.2, 0) is 0 Å². The first-order valence-corrected chi connectivity index (χ1v) is 7.30.